The normalized spacial score (nSPS) is 22.1. The molecule has 0 saturated heterocycles. The van der Waals surface area contributed by atoms with E-state index in [1.165, 1.54) is 13.3 Å². The Hall–Kier alpha value is -2.71. The highest BCUT2D eigenvalue weighted by Gasteiger charge is 2.47. The molecular weight excluding hydrogens is 385 g/mol. The van der Waals surface area contributed by atoms with E-state index in [4.69, 9.17) is 4.74 Å². The first kappa shape index (κ1) is 19.6. The van der Waals surface area contributed by atoms with E-state index in [0.29, 0.717) is 11.3 Å². The van der Waals surface area contributed by atoms with Gasteiger partial charge in [-0.15, -0.1) is 0 Å². The molecule has 29 heavy (non-hydrogen) atoms. The van der Waals surface area contributed by atoms with Crippen molar-refractivity contribution in [2.75, 3.05) is 12.4 Å². The zero-order valence-corrected chi connectivity index (χ0v) is 16.0. The van der Waals surface area contributed by atoms with Gasteiger partial charge in [0.1, 0.15) is 17.1 Å². The topological polar surface area (TPSA) is 68.2 Å². The van der Waals surface area contributed by atoms with E-state index in [-0.39, 0.29) is 23.8 Å². The van der Waals surface area contributed by atoms with E-state index in [0.717, 1.165) is 30.4 Å². The highest BCUT2D eigenvalue weighted by atomic mass is 19.4. The Kier molecular flexibility index (Phi) is 5.14. The summed E-state index contributed by atoms with van der Waals surface area (Å²) in [5.41, 5.74) is 0.798. The molecule has 1 saturated carbocycles. The van der Waals surface area contributed by atoms with E-state index in [2.05, 4.69) is 15.7 Å². The van der Waals surface area contributed by atoms with Crippen LogP contribution in [-0.4, -0.2) is 35.0 Å². The summed E-state index contributed by atoms with van der Waals surface area (Å²) in [6, 6.07) is 4.54. The first-order valence-corrected chi connectivity index (χ1v) is 9.72. The van der Waals surface area contributed by atoms with Crippen LogP contribution in [0.15, 0.2) is 30.5 Å². The second-order valence-electron chi connectivity index (χ2n) is 7.57. The number of anilines is 1. The SMILES string of the molecule is COc1cccc([C@@H]2C[C@H](C(F)(F)F)n3ncc(C(=O)NC4CCCC4)c3N2)c1. The second kappa shape index (κ2) is 7.61. The lowest BCUT2D eigenvalue weighted by Crippen LogP contribution is -2.37. The van der Waals surface area contributed by atoms with Crippen molar-refractivity contribution in [1.29, 1.82) is 0 Å². The molecule has 1 aliphatic heterocycles. The lowest BCUT2D eigenvalue weighted by molar-refractivity contribution is -0.173. The van der Waals surface area contributed by atoms with Gasteiger partial charge in [0, 0.05) is 12.5 Å². The Labute approximate surface area is 166 Å². The van der Waals surface area contributed by atoms with E-state index in [9.17, 15) is 18.0 Å². The molecule has 0 spiro atoms. The average molecular weight is 408 g/mol. The number of methoxy groups -OCH3 is 1. The molecule has 2 aliphatic rings. The van der Waals surface area contributed by atoms with Crippen molar-refractivity contribution in [3.63, 3.8) is 0 Å². The van der Waals surface area contributed by atoms with E-state index in [1.807, 2.05) is 0 Å². The summed E-state index contributed by atoms with van der Waals surface area (Å²) in [6.45, 7) is 0. The molecule has 0 unspecified atom stereocenters. The van der Waals surface area contributed by atoms with Crippen molar-refractivity contribution >= 4 is 11.7 Å². The molecule has 156 valence electrons. The van der Waals surface area contributed by atoms with Gasteiger partial charge in [-0.3, -0.25) is 4.79 Å². The van der Waals surface area contributed by atoms with Gasteiger partial charge in [0.05, 0.1) is 19.3 Å². The lowest BCUT2D eigenvalue weighted by atomic mass is 9.96. The van der Waals surface area contributed by atoms with Crippen LogP contribution in [0.5, 0.6) is 5.75 Å². The van der Waals surface area contributed by atoms with Crippen LogP contribution in [0, 0.1) is 0 Å². The Morgan fingerprint density at radius 1 is 1.31 bits per heavy atom. The minimum Gasteiger partial charge on any atom is -0.497 e. The number of nitrogens with one attached hydrogen (secondary N) is 2. The molecule has 9 heteroatoms. The first-order valence-electron chi connectivity index (χ1n) is 9.72. The fourth-order valence-corrected chi connectivity index (χ4v) is 4.14. The highest BCUT2D eigenvalue weighted by Crippen LogP contribution is 2.44. The average Bonchev–Trinajstić information content (AvgIpc) is 3.36. The van der Waals surface area contributed by atoms with Crippen molar-refractivity contribution in [2.45, 2.75) is 56.4 Å². The molecule has 1 fully saturated rings. The fourth-order valence-electron chi connectivity index (χ4n) is 4.14. The Morgan fingerprint density at radius 2 is 2.07 bits per heavy atom. The number of aromatic nitrogens is 2. The number of carbonyl (C=O) groups is 1. The quantitative estimate of drug-likeness (QED) is 0.795. The van der Waals surface area contributed by atoms with Crippen LogP contribution in [-0.2, 0) is 0 Å². The number of rotatable bonds is 4. The van der Waals surface area contributed by atoms with Gasteiger partial charge in [-0.05, 0) is 30.5 Å². The van der Waals surface area contributed by atoms with E-state index < -0.39 is 24.2 Å². The molecule has 2 atom stereocenters. The van der Waals surface area contributed by atoms with E-state index >= 15 is 0 Å². The van der Waals surface area contributed by atoms with Crippen molar-refractivity contribution in [3.8, 4) is 5.75 Å². The highest BCUT2D eigenvalue weighted by molar-refractivity contribution is 5.99. The number of hydrogen-bond acceptors (Lipinski definition) is 4. The van der Waals surface area contributed by atoms with Crippen LogP contribution >= 0.6 is 0 Å². The third kappa shape index (κ3) is 3.90. The van der Waals surface area contributed by atoms with Gasteiger partial charge < -0.3 is 15.4 Å². The van der Waals surface area contributed by atoms with Crippen LogP contribution in [0.1, 0.15) is 60.1 Å². The maximum absolute atomic E-state index is 13.8. The summed E-state index contributed by atoms with van der Waals surface area (Å²) in [7, 11) is 1.51. The summed E-state index contributed by atoms with van der Waals surface area (Å²) < 4.78 is 47.4. The molecule has 1 aliphatic carbocycles. The number of alkyl halides is 3. The second-order valence-corrected chi connectivity index (χ2v) is 7.57. The Bertz CT molecular complexity index is 890. The lowest BCUT2D eigenvalue weighted by Gasteiger charge is -2.34. The molecular formula is C20H23F3N4O2. The summed E-state index contributed by atoms with van der Waals surface area (Å²) in [5.74, 6) is 0.269. The third-order valence-corrected chi connectivity index (χ3v) is 5.67. The molecule has 1 aromatic carbocycles. The molecule has 2 N–H and O–H groups in total. The predicted molar refractivity (Wildman–Crippen MR) is 101 cm³/mol. The largest absolute Gasteiger partial charge is 0.497 e. The minimum atomic E-state index is -4.49. The van der Waals surface area contributed by atoms with Crippen molar-refractivity contribution in [2.24, 2.45) is 0 Å². The summed E-state index contributed by atoms with van der Waals surface area (Å²) >= 11 is 0. The number of amides is 1. The first-order chi connectivity index (χ1) is 13.9. The third-order valence-electron chi connectivity index (χ3n) is 5.67. The Morgan fingerprint density at radius 3 is 2.76 bits per heavy atom. The molecule has 6 nitrogen and oxygen atoms in total. The molecule has 0 bridgehead atoms. The standard InChI is InChI=1S/C20H23F3N4O2/c1-29-14-8-4-5-12(9-14)16-10-17(20(21,22)23)27-18(26-16)15(11-24-27)19(28)25-13-6-2-3-7-13/h4-5,8-9,11,13,16-17,26H,2-3,6-7,10H2,1H3,(H,25,28)/t16-,17+/m0/s1. The zero-order chi connectivity index (χ0) is 20.6. The molecule has 2 aromatic rings. The van der Waals surface area contributed by atoms with Gasteiger partial charge in [-0.1, -0.05) is 25.0 Å². The van der Waals surface area contributed by atoms with Crippen LogP contribution < -0.4 is 15.4 Å². The van der Waals surface area contributed by atoms with Crippen LogP contribution in [0.3, 0.4) is 0 Å². The van der Waals surface area contributed by atoms with Crippen molar-refractivity contribution in [1.82, 2.24) is 15.1 Å². The maximum atomic E-state index is 13.8. The summed E-state index contributed by atoms with van der Waals surface area (Å²) in [6.07, 6.45) is 0.376. The van der Waals surface area contributed by atoms with E-state index in [1.54, 1.807) is 24.3 Å². The van der Waals surface area contributed by atoms with Crippen molar-refractivity contribution < 1.29 is 22.7 Å². The molecule has 0 radical (unpaired) electrons. The van der Waals surface area contributed by atoms with Gasteiger partial charge >= 0.3 is 6.18 Å². The molecule has 1 aromatic heterocycles. The monoisotopic (exact) mass is 408 g/mol. The van der Waals surface area contributed by atoms with Crippen LogP contribution in [0.4, 0.5) is 19.0 Å². The maximum Gasteiger partial charge on any atom is 0.410 e. The van der Waals surface area contributed by atoms with Crippen LogP contribution in [0.25, 0.3) is 0 Å². The fraction of sp³-hybridized carbons (Fsp3) is 0.500. The number of hydrogen-bond donors (Lipinski definition) is 2. The minimum absolute atomic E-state index is 0.0641. The zero-order valence-electron chi connectivity index (χ0n) is 16.0. The molecule has 2 heterocycles. The van der Waals surface area contributed by atoms with Gasteiger partial charge in [0.2, 0.25) is 0 Å². The Balaban J connectivity index is 1.67. The van der Waals surface area contributed by atoms with Gasteiger partial charge in [-0.2, -0.15) is 18.3 Å². The number of halogens is 3. The van der Waals surface area contributed by atoms with Gasteiger partial charge in [-0.25, -0.2) is 4.68 Å². The predicted octanol–water partition coefficient (Wildman–Crippen LogP) is 4.22. The van der Waals surface area contributed by atoms with Gasteiger partial charge in [0.15, 0.2) is 6.04 Å². The van der Waals surface area contributed by atoms with Gasteiger partial charge in [0.25, 0.3) is 5.91 Å². The number of benzene rings is 1. The van der Waals surface area contributed by atoms with Crippen LogP contribution in [0.2, 0.25) is 0 Å². The number of ether oxygens (including phenoxy) is 1. The summed E-state index contributed by atoms with van der Waals surface area (Å²) in [5, 5.41) is 9.94. The van der Waals surface area contributed by atoms with Crippen molar-refractivity contribution in [3.05, 3.63) is 41.6 Å². The smallest absolute Gasteiger partial charge is 0.410 e. The number of nitrogens with zero attached hydrogens (tertiary/aromatic N) is 2. The number of fused-ring (bicyclic) bond motifs is 1. The molecule has 1 amide bonds. The number of carbonyl (C=O) groups excluding carboxylic acids is 1. The summed E-state index contributed by atoms with van der Waals surface area (Å²) in [4.78, 5) is 12.7. The molecule has 4 rings (SSSR count).